The van der Waals surface area contributed by atoms with E-state index >= 15 is 0 Å². The minimum atomic E-state index is -0.710. The van der Waals surface area contributed by atoms with Gasteiger partial charge < -0.3 is 24.5 Å². The van der Waals surface area contributed by atoms with Crippen molar-refractivity contribution in [2.24, 2.45) is 0 Å². The van der Waals surface area contributed by atoms with Gasteiger partial charge in [0, 0.05) is 57.0 Å². The van der Waals surface area contributed by atoms with E-state index in [9.17, 15) is 9.90 Å². The standard InChI is InChI=1S/C37H49N3O4/c1-37(2,3)32-17-15-29(16-18-32)24-40(21-19-31-23-38-35-14-9-8-13-34(31)35)36(42)26-39(20-10-22-43-4)25-33(41)28-44-27-30-11-6-5-7-12-30/h5-9,11-18,23,33,38,41H,10,19-22,24-28H2,1-4H3. The van der Waals surface area contributed by atoms with Crippen LogP contribution in [0.1, 0.15) is 49.4 Å². The maximum Gasteiger partial charge on any atom is 0.237 e. The molecular formula is C37H49N3O4. The van der Waals surface area contributed by atoms with Crippen molar-refractivity contribution >= 4 is 16.8 Å². The number of hydrogen-bond donors (Lipinski definition) is 2. The molecule has 3 aromatic carbocycles. The fraction of sp³-hybridized carbons (Fsp3) is 0.432. The number of nitrogens with zero attached hydrogens (tertiary/aromatic N) is 2. The molecule has 4 rings (SSSR count). The van der Waals surface area contributed by atoms with Gasteiger partial charge in [0.15, 0.2) is 0 Å². The Hall–Kier alpha value is -3.49. The van der Waals surface area contributed by atoms with E-state index in [0.717, 1.165) is 29.5 Å². The van der Waals surface area contributed by atoms with Crippen LogP contribution in [0, 0.1) is 0 Å². The Morgan fingerprint density at radius 2 is 1.66 bits per heavy atom. The normalized spacial score (nSPS) is 12.6. The first kappa shape index (κ1) is 33.4. The molecule has 0 aliphatic heterocycles. The van der Waals surface area contributed by atoms with Gasteiger partial charge in [-0.2, -0.15) is 0 Å². The number of benzene rings is 3. The third-order valence-corrected chi connectivity index (χ3v) is 7.94. The first-order valence-electron chi connectivity index (χ1n) is 15.7. The van der Waals surface area contributed by atoms with E-state index in [2.05, 4.69) is 62.2 Å². The Labute approximate surface area is 262 Å². The summed E-state index contributed by atoms with van der Waals surface area (Å²) in [5, 5.41) is 12.0. The molecular weight excluding hydrogens is 550 g/mol. The molecule has 0 spiro atoms. The van der Waals surface area contributed by atoms with Crippen molar-refractivity contribution in [3.05, 3.63) is 107 Å². The van der Waals surface area contributed by atoms with E-state index in [1.165, 1.54) is 16.5 Å². The van der Waals surface area contributed by atoms with Crippen LogP contribution < -0.4 is 0 Å². The van der Waals surface area contributed by atoms with E-state index in [-0.39, 0.29) is 24.5 Å². The number of ether oxygens (including phenoxy) is 2. The van der Waals surface area contributed by atoms with Crippen LogP contribution in [0.25, 0.3) is 10.9 Å². The van der Waals surface area contributed by atoms with E-state index < -0.39 is 6.10 Å². The Balaban J connectivity index is 1.44. The van der Waals surface area contributed by atoms with Crippen molar-refractivity contribution in [1.82, 2.24) is 14.8 Å². The zero-order valence-corrected chi connectivity index (χ0v) is 26.8. The highest BCUT2D eigenvalue weighted by Crippen LogP contribution is 2.23. The van der Waals surface area contributed by atoms with Gasteiger partial charge in [-0.15, -0.1) is 0 Å². The third kappa shape index (κ3) is 10.3. The van der Waals surface area contributed by atoms with Crippen molar-refractivity contribution in [3.63, 3.8) is 0 Å². The first-order chi connectivity index (χ1) is 21.2. The summed E-state index contributed by atoms with van der Waals surface area (Å²) in [7, 11) is 1.68. The van der Waals surface area contributed by atoms with Gasteiger partial charge in [-0.1, -0.05) is 93.6 Å². The molecule has 0 radical (unpaired) electrons. The van der Waals surface area contributed by atoms with Crippen molar-refractivity contribution in [2.45, 2.75) is 58.3 Å². The first-order valence-corrected chi connectivity index (χ1v) is 15.7. The second kappa shape index (κ2) is 16.5. The molecule has 1 amide bonds. The lowest BCUT2D eigenvalue weighted by atomic mass is 9.87. The number of aliphatic hydroxyl groups excluding tert-OH is 1. The maximum atomic E-state index is 14.0. The molecule has 0 fully saturated rings. The monoisotopic (exact) mass is 599 g/mol. The van der Waals surface area contributed by atoms with Crippen LogP contribution in [0.4, 0.5) is 0 Å². The number of amides is 1. The number of fused-ring (bicyclic) bond motifs is 1. The summed E-state index contributed by atoms with van der Waals surface area (Å²) in [4.78, 5) is 21.3. The summed E-state index contributed by atoms with van der Waals surface area (Å²) in [5.74, 6) is 0.0413. The number of aromatic nitrogens is 1. The molecule has 236 valence electrons. The minimum Gasteiger partial charge on any atom is -0.389 e. The number of H-pyrrole nitrogens is 1. The van der Waals surface area contributed by atoms with Crippen LogP contribution in [0.3, 0.4) is 0 Å². The molecule has 7 nitrogen and oxygen atoms in total. The summed E-state index contributed by atoms with van der Waals surface area (Å²) >= 11 is 0. The molecule has 0 bridgehead atoms. The highest BCUT2D eigenvalue weighted by Gasteiger charge is 2.21. The van der Waals surface area contributed by atoms with Gasteiger partial charge in [-0.3, -0.25) is 9.69 Å². The number of para-hydroxylation sites is 1. The fourth-order valence-electron chi connectivity index (χ4n) is 5.41. The van der Waals surface area contributed by atoms with Crippen molar-refractivity contribution in [1.29, 1.82) is 0 Å². The predicted molar refractivity (Wildman–Crippen MR) is 178 cm³/mol. The molecule has 7 heteroatoms. The molecule has 1 heterocycles. The maximum absolute atomic E-state index is 14.0. The van der Waals surface area contributed by atoms with Crippen LogP contribution in [0.2, 0.25) is 0 Å². The molecule has 4 aromatic rings. The quantitative estimate of drug-likeness (QED) is 0.147. The Morgan fingerprint density at radius 1 is 0.932 bits per heavy atom. The van der Waals surface area contributed by atoms with Crippen LogP contribution >= 0.6 is 0 Å². The largest absolute Gasteiger partial charge is 0.389 e. The average Bonchev–Trinajstić information content (AvgIpc) is 3.42. The number of carbonyl (C=O) groups is 1. The van der Waals surface area contributed by atoms with Crippen LogP contribution in [-0.4, -0.2) is 78.4 Å². The van der Waals surface area contributed by atoms with Gasteiger partial charge >= 0.3 is 0 Å². The number of aliphatic hydroxyl groups is 1. The number of nitrogens with one attached hydrogen (secondary N) is 1. The molecule has 44 heavy (non-hydrogen) atoms. The number of carbonyl (C=O) groups excluding carboxylic acids is 1. The van der Waals surface area contributed by atoms with Gasteiger partial charge in [-0.05, 0) is 46.6 Å². The molecule has 1 aromatic heterocycles. The molecule has 0 saturated heterocycles. The van der Waals surface area contributed by atoms with Gasteiger partial charge in [0.2, 0.25) is 5.91 Å². The summed E-state index contributed by atoms with van der Waals surface area (Å²) < 4.78 is 11.1. The smallest absolute Gasteiger partial charge is 0.237 e. The molecule has 1 atom stereocenters. The van der Waals surface area contributed by atoms with E-state index in [4.69, 9.17) is 9.47 Å². The lowest BCUT2D eigenvalue weighted by molar-refractivity contribution is -0.133. The molecule has 2 N–H and O–H groups in total. The van der Waals surface area contributed by atoms with E-state index in [1.807, 2.05) is 58.5 Å². The van der Waals surface area contributed by atoms with Crippen molar-refractivity contribution in [3.8, 4) is 0 Å². The Kier molecular flexibility index (Phi) is 12.6. The lowest BCUT2D eigenvalue weighted by Crippen LogP contribution is -2.44. The van der Waals surface area contributed by atoms with Gasteiger partial charge in [0.1, 0.15) is 0 Å². The molecule has 0 aliphatic carbocycles. The number of hydrogen-bond acceptors (Lipinski definition) is 5. The third-order valence-electron chi connectivity index (χ3n) is 7.94. The molecule has 0 saturated carbocycles. The van der Waals surface area contributed by atoms with E-state index in [0.29, 0.717) is 39.4 Å². The lowest BCUT2D eigenvalue weighted by Gasteiger charge is -2.29. The van der Waals surface area contributed by atoms with Gasteiger partial charge in [0.25, 0.3) is 0 Å². The second-order valence-corrected chi connectivity index (χ2v) is 12.6. The molecule has 0 aliphatic rings. The minimum absolute atomic E-state index is 0.0413. The summed E-state index contributed by atoms with van der Waals surface area (Å²) in [6, 6.07) is 26.8. The van der Waals surface area contributed by atoms with E-state index in [1.54, 1.807) is 7.11 Å². The van der Waals surface area contributed by atoms with Crippen molar-refractivity contribution in [2.75, 3.05) is 46.5 Å². The highest BCUT2D eigenvalue weighted by atomic mass is 16.5. The van der Waals surface area contributed by atoms with Crippen LogP contribution in [-0.2, 0) is 39.3 Å². The second-order valence-electron chi connectivity index (χ2n) is 12.6. The number of rotatable bonds is 17. The zero-order chi connectivity index (χ0) is 31.4. The number of methoxy groups -OCH3 is 1. The Morgan fingerprint density at radius 3 is 2.39 bits per heavy atom. The zero-order valence-electron chi connectivity index (χ0n) is 26.8. The topological polar surface area (TPSA) is 78.0 Å². The highest BCUT2D eigenvalue weighted by molar-refractivity contribution is 5.83. The van der Waals surface area contributed by atoms with Crippen LogP contribution in [0.15, 0.2) is 85.1 Å². The van der Waals surface area contributed by atoms with Crippen molar-refractivity contribution < 1.29 is 19.4 Å². The van der Waals surface area contributed by atoms with Gasteiger partial charge in [0.05, 0.1) is 25.9 Å². The predicted octanol–water partition coefficient (Wildman–Crippen LogP) is 5.95. The average molecular weight is 600 g/mol. The molecule has 1 unspecified atom stereocenters. The number of aromatic amines is 1. The van der Waals surface area contributed by atoms with Crippen LogP contribution in [0.5, 0.6) is 0 Å². The SMILES string of the molecule is COCCCN(CC(=O)N(CCc1c[nH]c2ccccc12)Cc1ccc(C(C)(C)C)cc1)CC(O)COCc1ccccc1. The van der Waals surface area contributed by atoms with Gasteiger partial charge in [-0.25, -0.2) is 0 Å². The Bertz CT molecular complexity index is 1410. The summed E-state index contributed by atoms with van der Waals surface area (Å²) in [6.07, 6.45) is 2.85. The summed E-state index contributed by atoms with van der Waals surface area (Å²) in [5.41, 5.74) is 5.80. The fourth-order valence-corrected chi connectivity index (χ4v) is 5.41. The summed E-state index contributed by atoms with van der Waals surface area (Å²) in [6.45, 7) is 10.2.